The van der Waals surface area contributed by atoms with Gasteiger partial charge in [-0.05, 0) is 50.9 Å². The molecule has 8 heteroatoms. The Hall–Kier alpha value is -2.92. The van der Waals surface area contributed by atoms with Crippen molar-refractivity contribution < 1.29 is 9.59 Å². The van der Waals surface area contributed by atoms with Crippen LogP contribution in [0.25, 0.3) is 0 Å². The van der Waals surface area contributed by atoms with Crippen molar-refractivity contribution in [2.45, 2.75) is 69.9 Å². The van der Waals surface area contributed by atoms with Crippen LogP contribution in [0.15, 0.2) is 30.0 Å². The van der Waals surface area contributed by atoms with Gasteiger partial charge < -0.3 is 16.4 Å². The summed E-state index contributed by atoms with van der Waals surface area (Å²) < 4.78 is 1.71. The molecule has 1 heterocycles. The largest absolute Gasteiger partial charge is 0.365 e. The second-order valence-corrected chi connectivity index (χ2v) is 9.48. The lowest BCUT2D eigenvalue weighted by Crippen LogP contribution is -2.44. The normalized spacial score (nSPS) is 27.4. The number of carbonyl (C=O) groups excluding carboxylic acids is 2. The average molecular weight is 437 g/mol. The van der Waals surface area contributed by atoms with Gasteiger partial charge in [0.1, 0.15) is 5.56 Å². The van der Waals surface area contributed by atoms with E-state index in [0.717, 1.165) is 51.5 Å². The van der Waals surface area contributed by atoms with Crippen molar-refractivity contribution in [2.24, 2.45) is 17.6 Å². The maximum Gasteiger partial charge on any atom is 0.254 e. The summed E-state index contributed by atoms with van der Waals surface area (Å²) >= 11 is 0. The van der Waals surface area contributed by atoms with Crippen LogP contribution < -0.4 is 16.4 Å². The molecule has 2 amide bonds. The minimum Gasteiger partial charge on any atom is -0.365 e. The van der Waals surface area contributed by atoms with Gasteiger partial charge in [-0.25, -0.2) is 0 Å². The van der Waals surface area contributed by atoms with Gasteiger partial charge in [-0.15, -0.1) is 0 Å². The summed E-state index contributed by atoms with van der Waals surface area (Å²) in [6, 6.07) is 2.68. The fraction of sp³-hybridized carbons (Fsp3) is 0.583. The molecule has 1 atom stereocenters. The molecular formula is C24H32N6O2. The number of primary amides is 1. The van der Waals surface area contributed by atoms with Gasteiger partial charge in [0.05, 0.1) is 18.0 Å². The lowest BCUT2D eigenvalue weighted by molar-refractivity contribution is -0.117. The third-order valence-electron chi connectivity index (χ3n) is 7.14. The van der Waals surface area contributed by atoms with Gasteiger partial charge in [-0.2, -0.15) is 10.4 Å². The molecule has 3 aliphatic rings. The molecule has 8 nitrogen and oxygen atoms in total. The minimum absolute atomic E-state index is 0.00653. The first kappa shape index (κ1) is 22.3. The smallest absolute Gasteiger partial charge is 0.254 e. The van der Waals surface area contributed by atoms with Crippen molar-refractivity contribution in [1.29, 1.82) is 5.26 Å². The molecule has 170 valence electrons. The second kappa shape index (κ2) is 9.29. The van der Waals surface area contributed by atoms with Gasteiger partial charge >= 0.3 is 0 Å². The van der Waals surface area contributed by atoms with Gasteiger partial charge in [-0.1, -0.05) is 30.7 Å². The third-order valence-corrected chi connectivity index (χ3v) is 7.14. The third kappa shape index (κ3) is 4.78. The molecule has 3 aliphatic carbocycles. The van der Waals surface area contributed by atoms with Gasteiger partial charge in [-0.3, -0.25) is 14.3 Å². The van der Waals surface area contributed by atoms with Crippen molar-refractivity contribution in [2.75, 3.05) is 11.9 Å². The molecule has 32 heavy (non-hydrogen) atoms. The van der Waals surface area contributed by atoms with E-state index in [1.807, 2.05) is 0 Å². The topological polar surface area (TPSA) is 126 Å². The molecule has 1 unspecified atom stereocenters. The van der Waals surface area contributed by atoms with E-state index < -0.39 is 11.4 Å². The molecule has 4 rings (SSSR count). The molecular weight excluding hydrogens is 404 g/mol. The second-order valence-electron chi connectivity index (χ2n) is 9.48. The Morgan fingerprint density at radius 1 is 1.31 bits per heavy atom. The Bertz CT molecular complexity index is 973. The highest BCUT2D eigenvalue weighted by atomic mass is 16.2. The maximum absolute atomic E-state index is 12.2. The SMILES string of the molecule is CC1CC=CC=C1CNC1CCC(CC#N)(n2cc(C(N)=O)c(NC(=O)C3CC3)n2)CC1. The number of nitriles is 1. The van der Waals surface area contributed by atoms with Gasteiger partial charge in [0.15, 0.2) is 5.82 Å². The first-order chi connectivity index (χ1) is 15.4. The average Bonchev–Trinajstić information content (AvgIpc) is 3.54. The Kier molecular flexibility index (Phi) is 6.47. The highest BCUT2D eigenvalue weighted by molar-refractivity contribution is 6.02. The highest BCUT2D eigenvalue weighted by Gasteiger charge is 2.39. The molecule has 2 saturated carbocycles. The number of hydrogen-bond acceptors (Lipinski definition) is 5. The summed E-state index contributed by atoms with van der Waals surface area (Å²) in [6.07, 6.45) is 14.6. The summed E-state index contributed by atoms with van der Waals surface area (Å²) in [4.78, 5) is 24.2. The van der Waals surface area contributed by atoms with E-state index in [2.05, 4.69) is 47.0 Å². The molecule has 1 aromatic rings. The number of nitrogens with zero attached hydrogens (tertiary/aromatic N) is 3. The number of aromatic nitrogens is 2. The van der Waals surface area contributed by atoms with Crippen LogP contribution in [0, 0.1) is 23.2 Å². The van der Waals surface area contributed by atoms with E-state index in [0.29, 0.717) is 18.4 Å². The predicted molar refractivity (Wildman–Crippen MR) is 122 cm³/mol. The molecule has 0 aliphatic heterocycles. The van der Waals surface area contributed by atoms with Crippen molar-refractivity contribution in [3.05, 3.63) is 35.6 Å². The Balaban J connectivity index is 1.45. The zero-order valence-electron chi connectivity index (χ0n) is 18.6. The molecule has 0 bridgehead atoms. The van der Waals surface area contributed by atoms with Crippen LogP contribution in [0.5, 0.6) is 0 Å². The fourth-order valence-electron chi connectivity index (χ4n) is 4.73. The first-order valence-corrected chi connectivity index (χ1v) is 11.6. The number of carbonyl (C=O) groups is 2. The van der Waals surface area contributed by atoms with Crippen LogP contribution in [-0.4, -0.2) is 34.2 Å². The molecule has 0 radical (unpaired) electrons. The lowest BCUT2D eigenvalue weighted by atomic mass is 9.77. The monoisotopic (exact) mass is 436 g/mol. The summed E-state index contributed by atoms with van der Waals surface area (Å²) in [5, 5.41) is 20.5. The number of allylic oxidation sites excluding steroid dienone is 3. The molecule has 0 saturated heterocycles. The molecule has 0 spiro atoms. The van der Waals surface area contributed by atoms with Crippen LogP contribution in [0.2, 0.25) is 0 Å². The lowest BCUT2D eigenvalue weighted by Gasteiger charge is -2.39. The number of rotatable bonds is 8. The maximum atomic E-state index is 12.2. The number of hydrogen-bond donors (Lipinski definition) is 3. The number of nitrogens with one attached hydrogen (secondary N) is 2. The Morgan fingerprint density at radius 2 is 2.06 bits per heavy atom. The molecule has 2 fully saturated rings. The molecule has 4 N–H and O–H groups in total. The Morgan fingerprint density at radius 3 is 2.69 bits per heavy atom. The van der Waals surface area contributed by atoms with E-state index in [-0.39, 0.29) is 23.2 Å². The van der Waals surface area contributed by atoms with Gasteiger partial charge in [0, 0.05) is 24.7 Å². The van der Waals surface area contributed by atoms with Crippen molar-refractivity contribution in [3.8, 4) is 6.07 Å². The first-order valence-electron chi connectivity index (χ1n) is 11.6. The standard InChI is InChI=1S/C24H32N6O2/c1-16-4-2-3-5-18(16)14-27-19-8-10-24(11-9-19,12-13-25)30-15-20(21(26)31)22(29-30)28-23(32)17-6-7-17/h2-3,5,15-17,19,27H,4,6-12,14H2,1H3,(H2,26,31)(H,28,29,32). The summed E-state index contributed by atoms with van der Waals surface area (Å²) in [6.45, 7) is 3.13. The summed E-state index contributed by atoms with van der Waals surface area (Å²) in [5.41, 5.74) is 6.68. The van der Waals surface area contributed by atoms with E-state index in [1.165, 1.54) is 5.57 Å². The van der Waals surface area contributed by atoms with Crippen LogP contribution >= 0.6 is 0 Å². The number of anilines is 1. The molecule has 1 aromatic heterocycles. The quantitative estimate of drug-likeness (QED) is 0.577. The Labute approximate surface area is 188 Å². The van der Waals surface area contributed by atoms with E-state index in [1.54, 1.807) is 10.9 Å². The minimum atomic E-state index is -0.631. The van der Waals surface area contributed by atoms with Crippen LogP contribution in [-0.2, 0) is 10.3 Å². The van der Waals surface area contributed by atoms with Crippen molar-refractivity contribution in [3.63, 3.8) is 0 Å². The number of amides is 2. The fourth-order valence-corrected chi connectivity index (χ4v) is 4.73. The molecule has 0 aromatic carbocycles. The number of nitrogens with two attached hydrogens (primary N) is 1. The zero-order chi connectivity index (χ0) is 22.7. The van der Waals surface area contributed by atoms with Crippen LogP contribution in [0.4, 0.5) is 5.82 Å². The summed E-state index contributed by atoms with van der Waals surface area (Å²) in [7, 11) is 0. The van der Waals surface area contributed by atoms with Crippen molar-refractivity contribution in [1.82, 2.24) is 15.1 Å². The highest BCUT2D eigenvalue weighted by Crippen LogP contribution is 2.39. The van der Waals surface area contributed by atoms with Gasteiger partial charge in [0.25, 0.3) is 5.91 Å². The predicted octanol–water partition coefficient (Wildman–Crippen LogP) is 2.99. The van der Waals surface area contributed by atoms with E-state index >= 15 is 0 Å². The van der Waals surface area contributed by atoms with E-state index in [9.17, 15) is 14.9 Å². The van der Waals surface area contributed by atoms with Crippen molar-refractivity contribution >= 4 is 17.6 Å². The van der Waals surface area contributed by atoms with Crippen LogP contribution in [0.3, 0.4) is 0 Å². The summed E-state index contributed by atoms with van der Waals surface area (Å²) in [5.74, 6) is 0.00957. The zero-order valence-corrected chi connectivity index (χ0v) is 18.6. The van der Waals surface area contributed by atoms with Gasteiger partial charge in [0.2, 0.25) is 5.91 Å². The van der Waals surface area contributed by atoms with E-state index in [4.69, 9.17) is 5.73 Å². The van der Waals surface area contributed by atoms with Crippen LogP contribution in [0.1, 0.15) is 68.6 Å².